The molecule has 0 radical (unpaired) electrons. The predicted molar refractivity (Wildman–Crippen MR) is 48.8 cm³/mol. The van der Waals surface area contributed by atoms with E-state index in [9.17, 15) is 17.8 Å². The van der Waals surface area contributed by atoms with E-state index in [0.717, 1.165) is 6.08 Å². The molecule has 0 aliphatic rings. The summed E-state index contributed by atoms with van der Waals surface area (Å²) in [6, 6.07) is -0.680. The van der Waals surface area contributed by atoms with E-state index in [2.05, 4.69) is 12.3 Å². The molecule has 14 heavy (non-hydrogen) atoms. The Morgan fingerprint density at radius 1 is 1.71 bits per heavy atom. The summed E-state index contributed by atoms with van der Waals surface area (Å²) in [7, 11) is -4.33. The van der Waals surface area contributed by atoms with E-state index in [1.807, 2.05) is 0 Å². The van der Waals surface area contributed by atoms with Crippen LogP contribution in [0.5, 0.6) is 0 Å². The second kappa shape index (κ2) is 5.08. The molecule has 0 fully saturated rings. The van der Waals surface area contributed by atoms with Gasteiger partial charge in [-0.3, -0.25) is 9.69 Å². The first kappa shape index (κ1) is 13.1. The molecule has 6 nitrogen and oxygen atoms in total. The summed E-state index contributed by atoms with van der Waals surface area (Å²) in [4.78, 5) is 12.3. The molecule has 7 heteroatoms. The first-order valence-electron chi connectivity index (χ1n) is 3.97. The van der Waals surface area contributed by atoms with E-state index in [-0.39, 0.29) is 6.67 Å². The van der Waals surface area contributed by atoms with Gasteiger partial charge in [0, 0.05) is 6.04 Å². The number of amides is 1. The molecule has 3 N–H and O–H groups in total. The van der Waals surface area contributed by atoms with Crippen LogP contribution in [0.25, 0.3) is 0 Å². The average Bonchev–Trinajstić information content (AvgIpc) is 2.01. The summed E-state index contributed by atoms with van der Waals surface area (Å²) in [5.41, 5.74) is 3.47. The van der Waals surface area contributed by atoms with Gasteiger partial charge < -0.3 is 10.3 Å². The first-order valence-corrected chi connectivity index (χ1v) is 5.55. The van der Waals surface area contributed by atoms with Crippen molar-refractivity contribution in [2.45, 2.75) is 13.0 Å². The van der Waals surface area contributed by atoms with Crippen LogP contribution < -0.4 is 5.73 Å². The summed E-state index contributed by atoms with van der Waals surface area (Å²) < 4.78 is 31.3. The van der Waals surface area contributed by atoms with Gasteiger partial charge in [0.05, 0.1) is 15.9 Å². The van der Waals surface area contributed by atoms with E-state index < -0.39 is 27.8 Å². The molecule has 0 aliphatic carbocycles. The zero-order chi connectivity index (χ0) is 11.4. The monoisotopic (exact) mass is 222 g/mol. The number of hydrogen-bond acceptors (Lipinski definition) is 4. The van der Waals surface area contributed by atoms with Gasteiger partial charge in [0.15, 0.2) is 6.67 Å². The highest BCUT2D eigenvalue weighted by Gasteiger charge is 2.19. The maximum Gasteiger partial charge on any atom is 0.250 e. The summed E-state index contributed by atoms with van der Waals surface area (Å²) in [5.74, 6) is -1.04. The summed E-state index contributed by atoms with van der Waals surface area (Å²) in [6.45, 7) is 4.83. The Labute approximate surface area is 83.1 Å². The van der Waals surface area contributed by atoms with Gasteiger partial charge in [-0.05, 0) is 13.0 Å². The summed E-state index contributed by atoms with van der Waals surface area (Å²) in [5, 5.41) is 0. The Morgan fingerprint density at radius 3 is 2.50 bits per heavy atom. The Hall–Kier alpha value is -0.920. The van der Waals surface area contributed by atoms with Crippen molar-refractivity contribution in [1.29, 1.82) is 0 Å². The van der Waals surface area contributed by atoms with Gasteiger partial charge in [-0.1, -0.05) is 6.58 Å². The number of rotatable bonds is 5. The molecule has 0 aliphatic heterocycles. The molecule has 0 aromatic heterocycles. The summed E-state index contributed by atoms with van der Waals surface area (Å²) >= 11 is 0. The van der Waals surface area contributed by atoms with Crippen molar-refractivity contribution in [3.05, 3.63) is 12.7 Å². The van der Waals surface area contributed by atoms with Crippen LogP contribution in [0.4, 0.5) is 0 Å². The van der Waals surface area contributed by atoms with Crippen LogP contribution in [0.1, 0.15) is 6.92 Å². The van der Waals surface area contributed by atoms with Gasteiger partial charge in [0.1, 0.15) is 0 Å². The molecule has 0 spiro atoms. The standard InChI is InChI=1S/C7H14N2O4S/c1-3-7(10)9(5-8)6(2)4-14(11,12)13/h3,6H,1,4-5,8H2,2H3,(H,11,12,13). The van der Waals surface area contributed by atoms with Crippen molar-refractivity contribution in [3.8, 4) is 0 Å². The predicted octanol–water partition coefficient (Wildman–Crippen LogP) is -1.87. The largest absolute Gasteiger partial charge is 0.748 e. The lowest BCUT2D eigenvalue weighted by Gasteiger charge is -2.25. The SMILES string of the molecule is C=CC(=O)N(C[NH3+])C(C)CS(=O)(=O)[O-]. The highest BCUT2D eigenvalue weighted by molar-refractivity contribution is 7.85. The van der Waals surface area contributed by atoms with Gasteiger partial charge >= 0.3 is 0 Å². The van der Waals surface area contributed by atoms with E-state index in [1.165, 1.54) is 11.8 Å². The van der Waals surface area contributed by atoms with Crippen LogP contribution in [-0.4, -0.2) is 42.2 Å². The maximum absolute atomic E-state index is 11.1. The lowest BCUT2D eigenvalue weighted by atomic mass is 10.3. The first-order chi connectivity index (χ1) is 6.31. The van der Waals surface area contributed by atoms with Gasteiger partial charge in [0.2, 0.25) is 0 Å². The van der Waals surface area contributed by atoms with Gasteiger partial charge in [-0.2, -0.15) is 0 Å². The number of carbonyl (C=O) groups excluding carboxylic acids is 1. The smallest absolute Gasteiger partial charge is 0.250 e. The van der Waals surface area contributed by atoms with Crippen LogP contribution in [0, 0.1) is 0 Å². The van der Waals surface area contributed by atoms with Crippen molar-refractivity contribution in [2.75, 3.05) is 12.4 Å². The minimum Gasteiger partial charge on any atom is -0.748 e. The number of quaternary nitrogens is 1. The second-order valence-electron chi connectivity index (χ2n) is 2.81. The van der Waals surface area contributed by atoms with Crippen LogP contribution >= 0.6 is 0 Å². The highest BCUT2D eigenvalue weighted by Crippen LogP contribution is 2.01. The van der Waals surface area contributed by atoms with Gasteiger partial charge in [0.25, 0.3) is 5.91 Å². The van der Waals surface area contributed by atoms with Gasteiger partial charge in [-0.25, -0.2) is 8.42 Å². The lowest BCUT2D eigenvalue weighted by molar-refractivity contribution is -0.397. The van der Waals surface area contributed by atoms with E-state index in [0.29, 0.717) is 0 Å². The van der Waals surface area contributed by atoms with Crippen molar-refractivity contribution in [1.82, 2.24) is 4.90 Å². The molecule has 0 saturated carbocycles. The third kappa shape index (κ3) is 4.35. The minimum atomic E-state index is -4.33. The van der Waals surface area contributed by atoms with Crippen molar-refractivity contribution < 1.29 is 23.5 Å². The molecule has 0 bridgehead atoms. The fraction of sp³-hybridized carbons (Fsp3) is 0.571. The molecule has 0 aromatic rings. The zero-order valence-electron chi connectivity index (χ0n) is 7.97. The van der Waals surface area contributed by atoms with Crippen LogP contribution in [0.3, 0.4) is 0 Å². The van der Waals surface area contributed by atoms with Crippen molar-refractivity contribution in [3.63, 3.8) is 0 Å². The minimum absolute atomic E-state index is 0.0987. The Bertz CT molecular complexity index is 312. The normalized spacial score (nSPS) is 13.4. The fourth-order valence-electron chi connectivity index (χ4n) is 1.05. The second-order valence-corrected chi connectivity index (χ2v) is 4.26. The molecule has 1 amide bonds. The van der Waals surface area contributed by atoms with Gasteiger partial charge in [-0.15, -0.1) is 0 Å². The molecule has 1 atom stereocenters. The summed E-state index contributed by atoms with van der Waals surface area (Å²) in [6.07, 6.45) is 1.05. The zero-order valence-corrected chi connectivity index (χ0v) is 8.79. The number of nitrogens with zero attached hydrogens (tertiary/aromatic N) is 1. The quantitative estimate of drug-likeness (QED) is 0.334. The molecule has 1 unspecified atom stereocenters. The molecular formula is C7H14N2O4S. The number of hydrogen-bond donors (Lipinski definition) is 1. The van der Waals surface area contributed by atoms with E-state index in [4.69, 9.17) is 0 Å². The fourth-order valence-corrected chi connectivity index (χ4v) is 1.82. The third-order valence-electron chi connectivity index (χ3n) is 1.68. The molecular weight excluding hydrogens is 208 g/mol. The Balaban J connectivity index is 4.55. The maximum atomic E-state index is 11.1. The molecule has 0 aromatic carbocycles. The third-order valence-corrected chi connectivity index (χ3v) is 2.57. The van der Waals surface area contributed by atoms with Crippen molar-refractivity contribution in [2.24, 2.45) is 0 Å². The molecule has 0 saturated heterocycles. The number of carbonyl (C=O) groups is 1. The molecule has 82 valence electrons. The molecule has 0 heterocycles. The topological polar surface area (TPSA) is 105 Å². The van der Waals surface area contributed by atoms with E-state index in [1.54, 1.807) is 0 Å². The lowest BCUT2D eigenvalue weighted by Crippen LogP contribution is -2.62. The van der Waals surface area contributed by atoms with E-state index >= 15 is 0 Å². The Morgan fingerprint density at radius 2 is 2.21 bits per heavy atom. The van der Waals surface area contributed by atoms with Crippen molar-refractivity contribution >= 4 is 16.0 Å². The highest BCUT2D eigenvalue weighted by atomic mass is 32.2. The molecule has 0 rings (SSSR count). The average molecular weight is 222 g/mol. The Kier molecular flexibility index (Phi) is 4.75. The van der Waals surface area contributed by atoms with Crippen LogP contribution in [-0.2, 0) is 14.9 Å². The van der Waals surface area contributed by atoms with Crippen LogP contribution in [0.15, 0.2) is 12.7 Å². The van der Waals surface area contributed by atoms with Crippen LogP contribution in [0.2, 0.25) is 0 Å².